The molecular weight excluding hydrogens is 350 g/mol. The van der Waals surface area contributed by atoms with Crippen LogP contribution in [0.25, 0.3) is 5.65 Å². The van der Waals surface area contributed by atoms with Crippen molar-refractivity contribution in [3.05, 3.63) is 34.0 Å². The van der Waals surface area contributed by atoms with Gasteiger partial charge in [-0.25, -0.2) is 4.98 Å². The average molecular weight is 371 g/mol. The van der Waals surface area contributed by atoms with Crippen molar-refractivity contribution < 1.29 is 4.79 Å². The Morgan fingerprint density at radius 2 is 2.00 bits per heavy atom. The predicted molar refractivity (Wildman–Crippen MR) is 99.8 cm³/mol. The third kappa shape index (κ3) is 2.92. The van der Waals surface area contributed by atoms with E-state index in [9.17, 15) is 4.79 Å². The number of carbonyl (C=O) groups excluding carboxylic acids is 1. The molecule has 1 aliphatic heterocycles. The normalized spacial score (nSPS) is 15.6. The van der Waals surface area contributed by atoms with Crippen LogP contribution >= 0.6 is 11.3 Å². The van der Waals surface area contributed by atoms with E-state index in [1.54, 1.807) is 5.51 Å². The smallest absolute Gasteiger partial charge is 0.265 e. The summed E-state index contributed by atoms with van der Waals surface area (Å²) in [5.41, 5.74) is 3.29. The average Bonchev–Trinajstić information content (AvgIpc) is 3.26. The molecule has 0 aliphatic carbocycles. The summed E-state index contributed by atoms with van der Waals surface area (Å²) in [5.74, 6) is 2.08. The fraction of sp³-hybridized carbons (Fsp3) is 0.471. The fourth-order valence-corrected chi connectivity index (χ4v) is 4.05. The van der Waals surface area contributed by atoms with E-state index in [4.69, 9.17) is 0 Å². The van der Waals surface area contributed by atoms with E-state index < -0.39 is 0 Å². The van der Waals surface area contributed by atoms with Crippen LogP contribution in [0.15, 0.2) is 17.6 Å². The van der Waals surface area contributed by atoms with Crippen molar-refractivity contribution in [1.82, 2.24) is 29.7 Å². The molecule has 0 aromatic carbocycles. The van der Waals surface area contributed by atoms with Crippen LogP contribution in [0.3, 0.4) is 0 Å². The minimum absolute atomic E-state index is 0.0857. The first-order valence-electron chi connectivity index (χ1n) is 8.63. The minimum atomic E-state index is 0.0857. The van der Waals surface area contributed by atoms with Crippen LogP contribution in [0.4, 0.5) is 5.82 Å². The third-order valence-electron chi connectivity index (χ3n) is 4.82. The Hall–Kier alpha value is -2.55. The molecule has 1 saturated heterocycles. The van der Waals surface area contributed by atoms with Crippen molar-refractivity contribution in [2.75, 3.05) is 32.1 Å². The van der Waals surface area contributed by atoms with Gasteiger partial charge in [0.2, 0.25) is 0 Å². The standard InChI is InChI=1S/C17H21N7OS/c1-11-15(26-10-18-11)17(25)23-8-6-12(7-9-23)16-20-19-13-4-5-14(22(2)3)21-24(13)16/h4-5,10,12H,6-9H2,1-3H3. The van der Waals surface area contributed by atoms with Crippen LogP contribution in [0.5, 0.6) is 0 Å². The first-order chi connectivity index (χ1) is 12.5. The Balaban J connectivity index is 1.51. The predicted octanol–water partition coefficient (Wildman–Crippen LogP) is 1.98. The molecule has 4 rings (SSSR count). The van der Waals surface area contributed by atoms with Crippen LogP contribution in [0.1, 0.15) is 39.9 Å². The van der Waals surface area contributed by atoms with E-state index in [2.05, 4.69) is 20.3 Å². The van der Waals surface area contributed by atoms with Crippen LogP contribution in [-0.2, 0) is 0 Å². The number of nitrogens with zero attached hydrogens (tertiary/aromatic N) is 7. The molecule has 0 saturated carbocycles. The lowest BCUT2D eigenvalue weighted by molar-refractivity contribution is 0.0714. The molecule has 26 heavy (non-hydrogen) atoms. The lowest BCUT2D eigenvalue weighted by Crippen LogP contribution is -2.38. The summed E-state index contributed by atoms with van der Waals surface area (Å²) in [6.45, 7) is 3.30. The molecule has 1 amide bonds. The van der Waals surface area contributed by atoms with Gasteiger partial charge in [-0.05, 0) is 31.9 Å². The lowest BCUT2D eigenvalue weighted by atomic mass is 9.96. The number of fused-ring (bicyclic) bond motifs is 1. The van der Waals surface area contributed by atoms with Crippen molar-refractivity contribution in [1.29, 1.82) is 0 Å². The SMILES string of the molecule is Cc1ncsc1C(=O)N1CCC(c2nnc3ccc(N(C)C)nn23)CC1. The number of rotatable bonds is 3. The fourth-order valence-electron chi connectivity index (χ4n) is 3.28. The molecular formula is C17H21N7OS. The Morgan fingerprint density at radius 3 is 2.65 bits per heavy atom. The minimum Gasteiger partial charge on any atom is -0.361 e. The number of aromatic nitrogens is 5. The number of anilines is 1. The van der Waals surface area contributed by atoms with Crippen LogP contribution in [-0.4, -0.2) is 62.8 Å². The Kier molecular flexibility index (Phi) is 4.31. The van der Waals surface area contributed by atoms with E-state index in [0.717, 1.165) is 40.7 Å². The molecule has 8 nitrogen and oxygen atoms in total. The highest BCUT2D eigenvalue weighted by Crippen LogP contribution is 2.28. The summed E-state index contributed by atoms with van der Waals surface area (Å²) in [6.07, 6.45) is 1.72. The number of thiazole rings is 1. The van der Waals surface area contributed by atoms with Crippen molar-refractivity contribution in [2.24, 2.45) is 0 Å². The van der Waals surface area contributed by atoms with Gasteiger partial charge >= 0.3 is 0 Å². The summed E-state index contributed by atoms with van der Waals surface area (Å²) >= 11 is 1.41. The number of amides is 1. The van der Waals surface area contributed by atoms with Crippen molar-refractivity contribution in [3.8, 4) is 0 Å². The molecule has 3 aromatic heterocycles. The number of hydrogen-bond donors (Lipinski definition) is 0. The maximum Gasteiger partial charge on any atom is 0.265 e. The van der Waals surface area contributed by atoms with Gasteiger partial charge in [0.05, 0.1) is 11.2 Å². The monoisotopic (exact) mass is 371 g/mol. The number of likely N-dealkylation sites (tertiary alicyclic amines) is 1. The van der Waals surface area contributed by atoms with E-state index in [-0.39, 0.29) is 11.8 Å². The lowest BCUT2D eigenvalue weighted by Gasteiger charge is -2.30. The third-order valence-corrected chi connectivity index (χ3v) is 5.73. The number of carbonyl (C=O) groups is 1. The molecule has 0 radical (unpaired) electrons. The van der Waals surface area contributed by atoms with E-state index in [1.807, 2.05) is 47.5 Å². The highest BCUT2D eigenvalue weighted by Gasteiger charge is 2.29. The van der Waals surface area contributed by atoms with Gasteiger partial charge in [-0.15, -0.1) is 26.6 Å². The van der Waals surface area contributed by atoms with Gasteiger partial charge in [0.15, 0.2) is 11.5 Å². The van der Waals surface area contributed by atoms with E-state index in [0.29, 0.717) is 13.1 Å². The molecule has 136 valence electrons. The molecule has 9 heteroatoms. The van der Waals surface area contributed by atoms with Gasteiger partial charge in [-0.1, -0.05) is 0 Å². The summed E-state index contributed by atoms with van der Waals surface area (Å²) in [4.78, 5) is 21.5. The Morgan fingerprint density at radius 1 is 1.23 bits per heavy atom. The molecule has 0 N–H and O–H groups in total. The van der Waals surface area contributed by atoms with Crippen LogP contribution in [0, 0.1) is 6.92 Å². The van der Waals surface area contributed by atoms with Crippen molar-refractivity contribution >= 4 is 28.7 Å². The number of piperidine rings is 1. The van der Waals surface area contributed by atoms with Gasteiger partial charge in [0.25, 0.3) is 5.91 Å². The molecule has 0 atom stereocenters. The van der Waals surface area contributed by atoms with Gasteiger partial charge in [-0.2, -0.15) is 4.52 Å². The molecule has 0 unspecified atom stereocenters. The zero-order valence-electron chi connectivity index (χ0n) is 15.1. The second kappa shape index (κ2) is 6.64. The van der Waals surface area contributed by atoms with Crippen molar-refractivity contribution in [2.45, 2.75) is 25.7 Å². The van der Waals surface area contributed by atoms with Crippen LogP contribution in [0.2, 0.25) is 0 Å². The summed E-state index contributed by atoms with van der Waals surface area (Å²) in [5, 5.41) is 13.3. The molecule has 3 aromatic rings. The first-order valence-corrected chi connectivity index (χ1v) is 9.51. The van der Waals surface area contributed by atoms with E-state index in [1.165, 1.54) is 11.3 Å². The topological polar surface area (TPSA) is 79.5 Å². The van der Waals surface area contributed by atoms with Gasteiger partial charge in [0.1, 0.15) is 10.7 Å². The van der Waals surface area contributed by atoms with Crippen molar-refractivity contribution in [3.63, 3.8) is 0 Å². The highest BCUT2D eigenvalue weighted by atomic mass is 32.1. The second-order valence-corrected chi connectivity index (χ2v) is 7.60. The summed E-state index contributed by atoms with van der Waals surface area (Å²) in [6, 6.07) is 3.87. The van der Waals surface area contributed by atoms with Gasteiger partial charge in [0, 0.05) is 33.1 Å². The zero-order chi connectivity index (χ0) is 18.3. The number of aryl methyl sites for hydroxylation is 1. The Labute approximate surface area is 155 Å². The van der Waals surface area contributed by atoms with Gasteiger partial charge in [-0.3, -0.25) is 4.79 Å². The molecule has 1 fully saturated rings. The molecule has 0 spiro atoms. The Bertz CT molecular complexity index is 940. The summed E-state index contributed by atoms with van der Waals surface area (Å²) in [7, 11) is 3.92. The van der Waals surface area contributed by atoms with Crippen LogP contribution < -0.4 is 4.90 Å². The second-order valence-electron chi connectivity index (χ2n) is 6.75. The largest absolute Gasteiger partial charge is 0.361 e. The highest BCUT2D eigenvalue weighted by molar-refractivity contribution is 7.11. The van der Waals surface area contributed by atoms with Gasteiger partial charge < -0.3 is 9.80 Å². The first kappa shape index (κ1) is 16.9. The number of hydrogen-bond acceptors (Lipinski definition) is 7. The summed E-state index contributed by atoms with van der Waals surface area (Å²) < 4.78 is 1.84. The quantitative estimate of drug-likeness (QED) is 0.700. The molecule has 1 aliphatic rings. The maximum absolute atomic E-state index is 12.7. The molecule has 0 bridgehead atoms. The van der Waals surface area contributed by atoms with E-state index >= 15 is 0 Å². The molecule has 4 heterocycles. The zero-order valence-corrected chi connectivity index (χ0v) is 15.9. The maximum atomic E-state index is 12.7.